The van der Waals surface area contributed by atoms with E-state index >= 15 is 0 Å². The molecule has 3 fully saturated rings. The van der Waals surface area contributed by atoms with Gasteiger partial charge in [-0.05, 0) is 70.1 Å². The van der Waals surface area contributed by atoms with Gasteiger partial charge in [-0.2, -0.15) is 13.2 Å². The predicted molar refractivity (Wildman–Crippen MR) is 121 cm³/mol. The summed E-state index contributed by atoms with van der Waals surface area (Å²) >= 11 is 1.32. The fourth-order valence-electron chi connectivity index (χ4n) is 4.64. The molecule has 2 bridgehead atoms. The summed E-state index contributed by atoms with van der Waals surface area (Å²) < 4.78 is 82.2. The van der Waals surface area contributed by atoms with E-state index in [4.69, 9.17) is 0 Å². The number of anilines is 1. The van der Waals surface area contributed by atoms with Gasteiger partial charge in [0.2, 0.25) is 10.0 Å². The molecule has 3 aliphatic rings. The fourth-order valence-corrected chi connectivity index (χ4v) is 6.64. The molecular formula is C22H25F4N3O3S2. The first kappa shape index (κ1) is 24.9. The minimum atomic E-state index is -4.71. The van der Waals surface area contributed by atoms with Crippen LogP contribution in [0.4, 0.5) is 23.2 Å². The Labute approximate surface area is 199 Å². The van der Waals surface area contributed by atoms with E-state index in [-0.39, 0.29) is 37.1 Å². The summed E-state index contributed by atoms with van der Waals surface area (Å²) in [6.07, 6.45) is -2.50. The number of rotatable bonds is 7. The van der Waals surface area contributed by atoms with Crippen LogP contribution in [0.2, 0.25) is 0 Å². The van der Waals surface area contributed by atoms with E-state index in [0.29, 0.717) is 31.0 Å². The number of hydrogen-bond acceptors (Lipinski definition) is 5. The Morgan fingerprint density at radius 2 is 1.79 bits per heavy atom. The van der Waals surface area contributed by atoms with E-state index < -0.39 is 44.4 Å². The number of thiazole rings is 1. The zero-order chi connectivity index (χ0) is 24.8. The summed E-state index contributed by atoms with van der Waals surface area (Å²) in [6.45, 7) is 1.76. The van der Waals surface area contributed by atoms with Gasteiger partial charge in [-0.3, -0.25) is 9.52 Å². The number of nitrogens with zero attached hydrogens (tertiary/aromatic N) is 1. The van der Waals surface area contributed by atoms with Crippen molar-refractivity contribution in [2.45, 2.75) is 69.3 Å². The Balaban J connectivity index is 1.57. The second-order valence-corrected chi connectivity index (χ2v) is 12.0. The van der Waals surface area contributed by atoms with E-state index in [0.717, 1.165) is 17.0 Å². The number of nitrogens with one attached hydrogen (secondary N) is 2. The molecule has 1 aromatic carbocycles. The lowest BCUT2D eigenvalue weighted by molar-refractivity contribution is -0.137. The van der Waals surface area contributed by atoms with Crippen LogP contribution in [0.1, 0.15) is 65.0 Å². The van der Waals surface area contributed by atoms with Crippen molar-refractivity contribution in [1.82, 2.24) is 10.3 Å². The van der Waals surface area contributed by atoms with E-state index in [2.05, 4.69) is 15.0 Å². The number of hydrogen-bond donors (Lipinski definition) is 2. The number of alkyl halides is 4. The molecule has 12 heteroatoms. The van der Waals surface area contributed by atoms with Crippen LogP contribution >= 0.6 is 11.3 Å². The average Bonchev–Trinajstić information content (AvgIpc) is 3.17. The van der Waals surface area contributed by atoms with Crippen LogP contribution in [0.25, 0.3) is 0 Å². The third-order valence-corrected chi connectivity index (χ3v) is 9.10. The number of aryl methyl sites for hydroxylation is 2. The van der Waals surface area contributed by atoms with Crippen LogP contribution in [0.15, 0.2) is 23.7 Å². The quantitative estimate of drug-likeness (QED) is 0.504. The van der Waals surface area contributed by atoms with Crippen molar-refractivity contribution in [2.75, 3.05) is 10.5 Å². The van der Waals surface area contributed by atoms with Crippen LogP contribution in [0.5, 0.6) is 0 Å². The number of amides is 1. The van der Waals surface area contributed by atoms with Gasteiger partial charge in [0.05, 0.1) is 33.8 Å². The number of aromatic nitrogens is 1. The Bertz CT molecular complexity index is 1170. The Morgan fingerprint density at radius 3 is 2.35 bits per heavy atom. The Morgan fingerprint density at radius 1 is 1.15 bits per heavy atom. The average molecular weight is 520 g/mol. The van der Waals surface area contributed by atoms with Gasteiger partial charge in [0.1, 0.15) is 5.67 Å². The molecule has 0 aliphatic heterocycles. The summed E-state index contributed by atoms with van der Waals surface area (Å²) in [5.41, 5.74) is -1.32. The maximum absolute atomic E-state index is 14.5. The maximum Gasteiger partial charge on any atom is 0.416 e. The highest BCUT2D eigenvalue weighted by Crippen LogP contribution is 2.49. The van der Waals surface area contributed by atoms with Gasteiger partial charge < -0.3 is 5.32 Å². The second-order valence-electron chi connectivity index (χ2n) is 9.18. The van der Waals surface area contributed by atoms with Crippen molar-refractivity contribution in [2.24, 2.45) is 0 Å². The normalized spacial score (nSPS) is 24.7. The van der Waals surface area contributed by atoms with Crippen LogP contribution < -0.4 is 10.0 Å². The number of benzene rings is 1. The predicted octanol–water partition coefficient (Wildman–Crippen LogP) is 5.00. The van der Waals surface area contributed by atoms with Gasteiger partial charge in [-0.25, -0.2) is 17.8 Å². The zero-order valence-electron chi connectivity index (χ0n) is 18.5. The molecule has 0 unspecified atom stereocenters. The standard InChI is InChI=1S/C22H25F4N3O3S2/c1-14-18(33-13-27-14)4-11-34(31,32)29-17-3-2-15(22(24,25)26)12-16(17)19(30)28-21-8-5-20(23,6-9-21)7-10-21/h2-3,12-13,29H,4-11H2,1H3,(H,28,30). The van der Waals surface area contributed by atoms with E-state index in [1.54, 1.807) is 12.4 Å². The zero-order valence-corrected chi connectivity index (χ0v) is 20.1. The van der Waals surface area contributed by atoms with Crippen LogP contribution in [-0.4, -0.2) is 36.3 Å². The maximum atomic E-state index is 14.5. The SMILES string of the molecule is Cc1ncsc1CCS(=O)(=O)Nc1ccc(C(F)(F)F)cc1C(=O)NC12CCC(F)(CC1)CC2. The lowest BCUT2D eigenvalue weighted by Gasteiger charge is -2.50. The molecule has 0 saturated heterocycles. The fraction of sp³-hybridized carbons (Fsp3) is 0.545. The molecule has 1 amide bonds. The highest BCUT2D eigenvalue weighted by atomic mass is 32.2. The van der Waals surface area contributed by atoms with E-state index in [1.165, 1.54) is 11.3 Å². The minimum Gasteiger partial charge on any atom is -0.347 e. The first-order valence-electron chi connectivity index (χ1n) is 10.9. The molecule has 34 heavy (non-hydrogen) atoms. The summed E-state index contributed by atoms with van der Waals surface area (Å²) in [4.78, 5) is 18.0. The molecule has 0 atom stereocenters. The Hall–Kier alpha value is -2.21. The molecule has 5 rings (SSSR count). The molecule has 2 aromatic rings. The molecule has 186 valence electrons. The lowest BCUT2D eigenvalue weighted by atomic mass is 9.64. The molecular weight excluding hydrogens is 494 g/mol. The van der Waals surface area contributed by atoms with Crippen molar-refractivity contribution >= 4 is 33.0 Å². The summed E-state index contributed by atoms with van der Waals surface area (Å²) in [7, 11) is -3.97. The first-order valence-corrected chi connectivity index (χ1v) is 13.5. The summed E-state index contributed by atoms with van der Waals surface area (Å²) in [5, 5.41) is 2.81. The van der Waals surface area contributed by atoms with Crippen molar-refractivity contribution in [3.8, 4) is 0 Å². The molecule has 1 heterocycles. The molecule has 3 aliphatic carbocycles. The highest BCUT2D eigenvalue weighted by molar-refractivity contribution is 7.92. The lowest BCUT2D eigenvalue weighted by Crippen LogP contribution is -2.57. The van der Waals surface area contributed by atoms with Gasteiger partial charge in [0.25, 0.3) is 5.91 Å². The van der Waals surface area contributed by atoms with Crippen molar-refractivity contribution in [1.29, 1.82) is 0 Å². The third-order valence-electron chi connectivity index (χ3n) is 6.83. The van der Waals surface area contributed by atoms with Gasteiger partial charge >= 0.3 is 6.18 Å². The number of carbonyl (C=O) groups is 1. The molecule has 0 radical (unpaired) electrons. The van der Waals surface area contributed by atoms with Crippen LogP contribution in [-0.2, 0) is 22.6 Å². The topological polar surface area (TPSA) is 88.2 Å². The molecule has 2 N–H and O–H groups in total. The van der Waals surface area contributed by atoms with Crippen molar-refractivity contribution in [3.05, 3.63) is 45.4 Å². The highest BCUT2D eigenvalue weighted by Gasteiger charge is 2.49. The minimum absolute atomic E-state index is 0.183. The van der Waals surface area contributed by atoms with Crippen LogP contribution in [0, 0.1) is 6.92 Å². The number of sulfonamides is 1. The van der Waals surface area contributed by atoms with Crippen LogP contribution in [0.3, 0.4) is 0 Å². The number of carbonyl (C=O) groups excluding carboxylic acids is 1. The molecule has 1 aromatic heterocycles. The van der Waals surface area contributed by atoms with Crippen molar-refractivity contribution in [3.63, 3.8) is 0 Å². The first-order chi connectivity index (χ1) is 15.8. The monoisotopic (exact) mass is 519 g/mol. The summed E-state index contributed by atoms with van der Waals surface area (Å²) in [6, 6.07) is 2.35. The molecule has 3 saturated carbocycles. The Kier molecular flexibility index (Phi) is 6.43. The largest absolute Gasteiger partial charge is 0.416 e. The molecule has 6 nitrogen and oxygen atoms in total. The van der Waals surface area contributed by atoms with Gasteiger partial charge in [0.15, 0.2) is 0 Å². The third kappa shape index (κ3) is 5.37. The number of fused-ring (bicyclic) bond motifs is 3. The van der Waals surface area contributed by atoms with E-state index in [1.807, 2.05) is 0 Å². The second kappa shape index (κ2) is 8.78. The van der Waals surface area contributed by atoms with Crippen molar-refractivity contribution < 1.29 is 30.8 Å². The smallest absolute Gasteiger partial charge is 0.347 e. The van der Waals surface area contributed by atoms with Gasteiger partial charge in [-0.15, -0.1) is 11.3 Å². The van der Waals surface area contributed by atoms with Gasteiger partial charge in [-0.1, -0.05) is 0 Å². The number of halogens is 4. The van der Waals surface area contributed by atoms with Gasteiger partial charge in [0, 0.05) is 10.4 Å². The van der Waals surface area contributed by atoms with E-state index in [9.17, 15) is 30.8 Å². The molecule has 0 spiro atoms. The summed E-state index contributed by atoms with van der Waals surface area (Å²) in [5.74, 6) is -1.13.